The average Bonchev–Trinajstić information content (AvgIpc) is 3.22. The van der Waals surface area contributed by atoms with Gasteiger partial charge in [0.15, 0.2) is 0 Å². The van der Waals surface area contributed by atoms with Gasteiger partial charge in [-0.25, -0.2) is 8.42 Å². The molecule has 1 aromatic rings. The molecule has 1 aromatic carbocycles. The third-order valence-corrected chi connectivity index (χ3v) is 8.94. The van der Waals surface area contributed by atoms with E-state index in [1.807, 2.05) is 12.1 Å². The summed E-state index contributed by atoms with van der Waals surface area (Å²) in [7, 11) is -3.67. The van der Waals surface area contributed by atoms with Gasteiger partial charge in [0.2, 0.25) is 21.8 Å². The van der Waals surface area contributed by atoms with E-state index in [2.05, 4.69) is 5.32 Å². The number of hydrogen-bond acceptors (Lipinski definition) is 4. The summed E-state index contributed by atoms with van der Waals surface area (Å²) in [5.74, 6) is -0.317. The molecule has 8 heteroatoms. The molecule has 3 aliphatic rings. The molecule has 0 spiro atoms. The minimum absolute atomic E-state index is 0.0481. The van der Waals surface area contributed by atoms with E-state index < -0.39 is 10.0 Å². The topological polar surface area (TPSA) is 86.8 Å². The highest BCUT2D eigenvalue weighted by molar-refractivity contribution is 7.89. The van der Waals surface area contributed by atoms with Gasteiger partial charge in [-0.15, -0.1) is 0 Å². The van der Waals surface area contributed by atoms with Crippen molar-refractivity contribution >= 4 is 21.8 Å². The summed E-state index contributed by atoms with van der Waals surface area (Å²) in [5, 5.41) is 2.93. The fourth-order valence-electron chi connectivity index (χ4n) is 5.40. The van der Waals surface area contributed by atoms with E-state index in [4.69, 9.17) is 0 Å². The number of hydrogen-bond donors (Lipinski definition) is 1. The number of fused-ring (bicyclic) bond motifs is 2. The van der Waals surface area contributed by atoms with Gasteiger partial charge in [0, 0.05) is 39.1 Å². The number of carbonyl (C=O) groups is 2. The summed E-state index contributed by atoms with van der Waals surface area (Å²) in [5.41, 5.74) is 2.38. The number of rotatable bonds is 2. The Labute approximate surface area is 185 Å². The fraction of sp³-hybridized carbons (Fsp3) is 0.652. The SMILES string of the molecule is CC(=O)N1CCCN(S(=O)(=O)c2ccc3c(c2)CCCC3)CCNC(=O)C2CCCC21. The van der Waals surface area contributed by atoms with E-state index in [-0.39, 0.29) is 36.9 Å². The predicted molar refractivity (Wildman–Crippen MR) is 118 cm³/mol. The molecule has 7 nitrogen and oxygen atoms in total. The molecular weight excluding hydrogens is 414 g/mol. The second-order valence-corrected chi connectivity index (χ2v) is 10.9. The highest BCUT2D eigenvalue weighted by Crippen LogP contribution is 2.31. The van der Waals surface area contributed by atoms with Crippen LogP contribution in [-0.2, 0) is 32.5 Å². The molecule has 1 heterocycles. The van der Waals surface area contributed by atoms with Crippen molar-refractivity contribution in [3.63, 3.8) is 0 Å². The zero-order valence-electron chi connectivity index (χ0n) is 18.3. The fourth-order valence-corrected chi connectivity index (χ4v) is 6.93. The Morgan fingerprint density at radius 3 is 2.55 bits per heavy atom. The average molecular weight is 448 g/mol. The van der Waals surface area contributed by atoms with Gasteiger partial charge < -0.3 is 10.2 Å². The summed E-state index contributed by atoms with van der Waals surface area (Å²) >= 11 is 0. The molecule has 31 heavy (non-hydrogen) atoms. The van der Waals surface area contributed by atoms with Crippen LogP contribution in [-0.4, -0.2) is 61.7 Å². The molecule has 1 N–H and O–H groups in total. The van der Waals surface area contributed by atoms with E-state index in [1.165, 1.54) is 16.8 Å². The number of benzene rings is 1. The minimum atomic E-state index is -3.67. The van der Waals surface area contributed by atoms with E-state index in [9.17, 15) is 18.0 Å². The van der Waals surface area contributed by atoms with Crippen LogP contribution in [0.2, 0.25) is 0 Å². The van der Waals surface area contributed by atoms with Gasteiger partial charge >= 0.3 is 0 Å². The zero-order valence-corrected chi connectivity index (χ0v) is 19.1. The Morgan fingerprint density at radius 2 is 1.77 bits per heavy atom. The molecule has 2 amide bonds. The highest BCUT2D eigenvalue weighted by atomic mass is 32.2. The molecule has 1 saturated carbocycles. The first-order valence-corrected chi connectivity index (χ1v) is 13.0. The Morgan fingerprint density at radius 1 is 1.00 bits per heavy atom. The standard InChI is InChI=1S/C23H33N3O4S/c1-17(27)26-14-5-13-25(15-12-24-23(28)21-8-4-9-22(21)26)31(29,30)20-11-10-18-6-2-3-7-19(18)16-20/h10-11,16,21-22H,2-9,12-15H2,1H3,(H,24,28). The van der Waals surface area contributed by atoms with Gasteiger partial charge in [-0.3, -0.25) is 9.59 Å². The molecule has 2 unspecified atom stereocenters. The Hall–Kier alpha value is -1.93. The number of sulfonamides is 1. The molecule has 170 valence electrons. The molecule has 1 aliphatic heterocycles. The lowest BCUT2D eigenvalue weighted by Crippen LogP contribution is -2.46. The molecule has 2 atom stereocenters. The maximum atomic E-state index is 13.4. The monoisotopic (exact) mass is 447 g/mol. The molecule has 2 aliphatic carbocycles. The molecule has 2 fully saturated rings. The van der Waals surface area contributed by atoms with Crippen LogP contribution in [0.25, 0.3) is 0 Å². The third kappa shape index (κ3) is 4.65. The largest absolute Gasteiger partial charge is 0.354 e. The van der Waals surface area contributed by atoms with Gasteiger partial charge in [-0.05, 0) is 68.2 Å². The van der Waals surface area contributed by atoms with E-state index in [0.29, 0.717) is 24.4 Å². The second kappa shape index (κ2) is 9.28. The summed E-state index contributed by atoms with van der Waals surface area (Å²) in [6.07, 6.45) is 7.27. The van der Waals surface area contributed by atoms with Gasteiger partial charge in [0.05, 0.1) is 10.8 Å². The zero-order chi connectivity index (χ0) is 22.0. The van der Waals surface area contributed by atoms with Gasteiger partial charge in [-0.2, -0.15) is 4.31 Å². The van der Waals surface area contributed by atoms with Crippen LogP contribution in [0.3, 0.4) is 0 Å². The number of nitrogens with one attached hydrogen (secondary N) is 1. The van der Waals surface area contributed by atoms with Crippen LogP contribution in [0.5, 0.6) is 0 Å². The number of carbonyl (C=O) groups excluding carboxylic acids is 2. The van der Waals surface area contributed by atoms with Crippen LogP contribution < -0.4 is 5.32 Å². The maximum absolute atomic E-state index is 13.4. The van der Waals surface area contributed by atoms with Gasteiger partial charge in [0.1, 0.15) is 0 Å². The minimum Gasteiger partial charge on any atom is -0.354 e. The number of aryl methyl sites for hydroxylation is 2. The maximum Gasteiger partial charge on any atom is 0.243 e. The van der Waals surface area contributed by atoms with Crippen molar-refractivity contribution < 1.29 is 18.0 Å². The van der Waals surface area contributed by atoms with Crippen LogP contribution in [0, 0.1) is 5.92 Å². The first-order valence-electron chi connectivity index (χ1n) is 11.5. The van der Waals surface area contributed by atoms with Crippen molar-refractivity contribution in [2.75, 3.05) is 26.2 Å². The van der Waals surface area contributed by atoms with Crippen LogP contribution in [0.1, 0.15) is 56.6 Å². The van der Waals surface area contributed by atoms with Crippen molar-refractivity contribution in [2.45, 2.75) is 69.2 Å². The first kappa shape index (κ1) is 22.3. The molecule has 0 radical (unpaired) electrons. The lowest BCUT2D eigenvalue weighted by molar-refractivity contribution is -0.134. The summed E-state index contributed by atoms with van der Waals surface area (Å²) in [6.45, 7) is 2.86. The summed E-state index contributed by atoms with van der Waals surface area (Å²) < 4.78 is 28.4. The smallest absolute Gasteiger partial charge is 0.243 e. The first-order chi connectivity index (χ1) is 14.9. The van der Waals surface area contributed by atoms with Crippen molar-refractivity contribution in [1.29, 1.82) is 0 Å². The van der Waals surface area contributed by atoms with Crippen LogP contribution in [0.4, 0.5) is 0 Å². The number of amides is 2. The van der Waals surface area contributed by atoms with E-state index in [1.54, 1.807) is 11.0 Å². The van der Waals surface area contributed by atoms with Gasteiger partial charge in [0.25, 0.3) is 0 Å². The molecular formula is C23H33N3O4S. The normalized spacial score (nSPS) is 25.8. The highest BCUT2D eigenvalue weighted by Gasteiger charge is 2.38. The Kier molecular flexibility index (Phi) is 6.67. The van der Waals surface area contributed by atoms with Crippen molar-refractivity contribution in [1.82, 2.24) is 14.5 Å². The lowest BCUT2D eigenvalue weighted by atomic mass is 9.92. The quantitative estimate of drug-likeness (QED) is 0.752. The summed E-state index contributed by atoms with van der Waals surface area (Å²) in [4.78, 5) is 27.2. The molecule has 1 saturated heterocycles. The van der Waals surface area contributed by atoms with Crippen LogP contribution in [0.15, 0.2) is 23.1 Å². The Balaban J connectivity index is 1.56. The third-order valence-electron chi connectivity index (χ3n) is 7.05. The predicted octanol–water partition coefficient (Wildman–Crippen LogP) is 2.09. The van der Waals surface area contributed by atoms with Crippen molar-refractivity contribution in [2.24, 2.45) is 5.92 Å². The molecule has 0 aromatic heterocycles. The van der Waals surface area contributed by atoms with E-state index in [0.717, 1.165) is 50.5 Å². The second-order valence-electron chi connectivity index (χ2n) is 9.00. The van der Waals surface area contributed by atoms with Crippen molar-refractivity contribution in [3.05, 3.63) is 29.3 Å². The van der Waals surface area contributed by atoms with Gasteiger partial charge in [-0.1, -0.05) is 12.5 Å². The Bertz CT molecular complexity index is 946. The molecule has 0 bridgehead atoms. The summed E-state index contributed by atoms with van der Waals surface area (Å²) in [6, 6.07) is 5.42. The number of nitrogens with zero attached hydrogens (tertiary/aromatic N) is 2. The van der Waals surface area contributed by atoms with Crippen LogP contribution >= 0.6 is 0 Å². The van der Waals surface area contributed by atoms with Crippen molar-refractivity contribution in [3.8, 4) is 0 Å². The molecule has 4 rings (SSSR count). The van der Waals surface area contributed by atoms with E-state index >= 15 is 0 Å². The lowest BCUT2D eigenvalue weighted by Gasteiger charge is -2.31.